The Kier molecular flexibility index (Phi) is 2.58. The minimum Gasteiger partial charge on any atom is -0.379 e. The molecule has 4 aliphatic rings. The molecule has 2 saturated carbocycles. The Morgan fingerprint density at radius 1 is 1.30 bits per heavy atom. The molecule has 1 N–H and O–H groups in total. The van der Waals surface area contributed by atoms with E-state index in [1.54, 1.807) is 0 Å². The van der Waals surface area contributed by atoms with E-state index in [1.165, 1.54) is 6.42 Å². The van der Waals surface area contributed by atoms with Crippen LogP contribution in [0.1, 0.15) is 33.1 Å². The van der Waals surface area contributed by atoms with Gasteiger partial charge in [0.25, 0.3) is 5.91 Å². The minimum absolute atomic E-state index is 0.00103. The first-order valence-electron chi connectivity index (χ1n) is 7.80. The lowest BCUT2D eigenvalue weighted by Gasteiger charge is -2.41. The molecule has 4 fully saturated rings. The molecule has 112 valence electrons. The third-order valence-corrected chi connectivity index (χ3v) is 6.84. The Morgan fingerprint density at radius 3 is 2.70 bits per heavy atom. The van der Waals surface area contributed by atoms with Crippen LogP contribution in [-0.2, 0) is 14.3 Å². The van der Waals surface area contributed by atoms with Gasteiger partial charge in [0.2, 0.25) is 0 Å². The number of carbonyl (C=O) groups is 1. The Morgan fingerprint density at radius 2 is 2.05 bits per heavy atom. The van der Waals surface area contributed by atoms with Crippen LogP contribution in [0.5, 0.6) is 0 Å². The summed E-state index contributed by atoms with van der Waals surface area (Å²) in [5.41, 5.74) is 2.69. The number of morpholine rings is 1. The van der Waals surface area contributed by atoms with Crippen molar-refractivity contribution >= 4 is 5.91 Å². The zero-order valence-corrected chi connectivity index (χ0v) is 12.4. The SMILES string of the molecule is CC12COC3(C(=O)NN4CCOCC4)CC1CCC32C. The van der Waals surface area contributed by atoms with E-state index in [4.69, 9.17) is 9.47 Å². The van der Waals surface area contributed by atoms with E-state index in [2.05, 4.69) is 19.3 Å². The number of ether oxygens (including phenoxy) is 2. The fourth-order valence-corrected chi connectivity index (χ4v) is 5.17. The lowest BCUT2D eigenvalue weighted by atomic mass is 9.66. The molecule has 0 aromatic heterocycles. The Bertz CT molecular complexity index is 450. The third-order valence-electron chi connectivity index (χ3n) is 6.84. The van der Waals surface area contributed by atoms with Crippen molar-refractivity contribution in [3.8, 4) is 0 Å². The summed E-state index contributed by atoms with van der Waals surface area (Å²) in [7, 11) is 0. The van der Waals surface area contributed by atoms with Crippen molar-refractivity contribution in [1.29, 1.82) is 0 Å². The van der Waals surface area contributed by atoms with Gasteiger partial charge >= 0.3 is 0 Å². The Hall–Kier alpha value is -0.650. The van der Waals surface area contributed by atoms with Crippen LogP contribution in [0.4, 0.5) is 0 Å². The van der Waals surface area contributed by atoms with E-state index < -0.39 is 5.60 Å². The lowest BCUT2D eigenvalue weighted by Crippen LogP contribution is -2.60. The van der Waals surface area contributed by atoms with Gasteiger partial charge < -0.3 is 9.47 Å². The molecule has 2 aliphatic carbocycles. The van der Waals surface area contributed by atoms with Crippen molar-refractivity contribution in [3.63, 3.8) is 0 Å². The van der Waals surface area contributed by atoms with Gasteiger partial charge in [-0.05, 0) is 25.2 Å². The van der Waals surface area contributed by atoms with Gasteiger partial charge in [-0.15, -0.1) is 0 Å². The van der Waals surface area contributed by atoms with Crippen LogP contribution in [0, 0.1) is 16.7 Å². The van der Waals surface area contributed by atoms with E-state index >= 15 is 0 Å². The van der Waals surface area contributed by atoms with Gasteiger partial charge in [0.1, 0.15) is 0 Å². The molecule has 2 aliphatic heterocycles. The maximum atomic E-state index is 12.9. The number of nitrogens with one attached hydrogen (secondary N) is 1. The minimum atomic E-state index is -0.594. The second-order valence-corrected chi connectivity index (χ2v) is 7.35. The predicted octanol–water partition coefficient (Wildman–Crippen LogP) is 0.945. The average Bonchev–Trinajstić information content (AvgIpc) is 2.92. The topological polar surface area (TPSA) is 50.8 Å². The fourth-order valence-electron chi connectivity index (χ4n) is 5.17. The first kappa shape index (κ1) is 13.0. The van der Waals surface area contributed by atoms with Crippen molar-refractivity contribution in [3.05, 3.63) is 0 Å². The van der Waals surface area contributed by atoms with Gasteiger partial charge in [-0.25, -0.2) is 5.01 Å². The summed E-state index contributed by atoms with van der Waals surface area (Å²) in [4.78, 5) is 12.9. The van der Waals surface area contributed by atoms with Gasteiger partial charge in [-0.1, -0.05) is 13.8 Å². The number of hydrazine groups is 1. The van der Waals surface area contributed by atoms with Crippen LogP contribution >= 0.6 is 0 Å². The van der Waals surface area contributed by atoms with E-state index in [0.29, 0.717) is 19.1 Å². The van der Waals surface area contributed by atoms with Crippen molar-refractivity contribution in [2.45, 2.75) is 38.7 Å². The van der Waals surface area contributed by atoms with Crippen LogP contribution in [0.15, 0.2) is 0 Å². The maximum absolute atomic E-state index is 12.9. The van der Waals surface area contributed by atoms with Crippen LogP contribution in [0.2, 0.25) is 0 Å². The molecule has 4 bridgehead atoms. The molecule has 4 atom stereocenters. The molecular formula is C15H24N2O3. The zero-order valence-electron chi connectivity index (χ0n) is 12.4. The molecular weight excluding hydrogens is 256 g/mol. The highest BCUT2D eigenvalue weighted by molar-refractivity contribution is 5.87. The van der Waals surface area contributed by atoms with E-state index in [1.807, 2.05) is 5.01 Å². The number of hydrogen-bond acceptors (Lipinski definition) is 4. The molecule has 2 saturated heterocycles. The average molecular weight is 280 g/mol. The standard InChI is InChI=1S/C15H24N2O3/c1-13-10-20-15(9-11(13)3-4-14(13,15)2)12(18)16-17-5-7-19-8-6-17/h11H,3-10H2,1-2H3,(H,16,18). The second kappa shape index (κ2) is 3.96. The smallest absolute Gasteiger partial charge is 0.267 e. The number of amides is 1. The van der Waals surface area contributed by atoms with Gasteiger partial charge in [0.05, 0.1) is 19.8 Å². The van der Waals surface area contributed by atoms with Crippen molar-refractivity contribution in [1.82, 2.24) is 10.4 Å². The van der Waals surface area contributed by atoms with Gasteiger partial charge in [0, 0.05) is 23.9 Å². The fraction of sp³-hybridized carbons (Fsp3) is 0.933. The summed E-state index contributed by atoms with van der Waals surface area (Å²) in [6.45, 7) is 8.23. The summed E-state index contributed by atoms with van der Waals surface area (Å²) >= 11 is 0. The molecule has 20 heavy (non-hydrogen) atoms. The summed E-state index contributed by atoms with van der Waals surface area (Å²) < 4.78 is 11.4. The monoisotopic (exact) mass is 280 g/mol. The van der Waals surface area contributed by atoms with E-state index in [0.717, 1.165) is 32.5 Å². The molecule has 5 heteroatoms. The number of rotatable bonds is 2. The molecule has 0 radical (unpaired) electrons. The van der Waals surface area contributed by atoms with E-state index in [9.17, 15) is 4.79 Å². The Balaban J connectivity index is 1.57. The first-order valence-corrected chi connectivity index (χ1v) is 7.80. The van der Waals surface area contributed by atoms with Gasteiger partial charge in [-0.2, -0.15) is 0 Å². The van der Waals surface area contributed by atoms with Crippen molar-refractivity contribution in [2.75, 3.05) is 32.9 Å². The number of carbonyl (C=O) groups excluding carboxylic acids is 1. The molecule has 0 spiro atoms. The van der Waals surface area contributed by atoms with Gasteiger partial charge in [-0.3, -0.25) is 10.2 Å². The highest BCUT2D eigenvalue weighted by Gasteiger charge is 2.78. The highest BCUT2D eigenvalue weighted by Crippen LogP contribution is 2.74. The van der Waals surface area contributed by atoms with Crippen LogP contribution < -0.4 is 5.43 Å². The van der Waals surface area contributed by atoms with Crippen LogP contribution in [0.25, 0.3) is 0 Å². The lowest BCUT2D eigenvalue weighted by molar-refractivity contribution is -0.162. The molecule has 4 rings (SSSR count). The van der Waals surface area contributed by atoms with Crippen molar-refractivity contribution in [2.24, 2.45) is 16.7 Å². The van der Waals surface area contributed by atoms with E-state index in [-0.39, 0.29) is 16.7 Å². The summed E-state index contributed by atoms with van der Waals surface area (Å²) in [5.74, 6) is 0.726. The van der Waals surface area contributed by atoms with Crippen LogP contribution in [0.3, 0.4) is 0 Å². The van der Waals surface area contributed by atoms with Crippen molar-refractivity contribution < 1.29 is 14.3 Å². The normalized spacial score (nSPS) is 50.6. The summed E-state index contributed by atoms with van der Waals surface area (Å²) in [6, 6.07) is 0. The third kappa shape index (κ3) is 1.32. The first-order chi connectivity index (χ1) is 9.52. The predicted molar refractivity (Wildman–Crippen MR) is 72.8 cm³/mol. The maximum Gasteiger partial charge on any atom is 0.267 e. The highest BCUT2D eigenvalue weighted by atomic mass is 16.5. The van der Waals surface area contributed by atoms with Gasteiger partial charge in [0.15, 0.2) is 5.60 Å². The molecule has 0 aromatic rings. The summed E-state index contributed by atoms with van der Waals surface area (Å²) in [6.07, 6.45) is 3.27. The molecule has 0 aromatic carbocycles. The Labute approximate surface area is 119 Å². The number of nitrogens with zero attached hydrogens (tertiary/aromatic N) is 1. The molecule has 2 heterocycles. The zero-order chi connectivity index (χ0) is 14.0. The molecule has 5 nitrogen and oxygen atoms in total. The largest absolute Gasteiger partial charge is 0.379 e. The molecule has 4 unspecified atom stereocenters. The molecule has 1 amide bonds. The quantitative estimate of drug-likeness (QED) is 0.818. The summed E-state index contributed by atoms with van der Waals surface area (Å²) in [5, 5.41) is 1.98. The van der Waals surface area contributed by atoms with Crippen LogP contribution in [-0.4, -0.2) is 49.4 Å². The number of hydrogen-bond donors (Lipinski definition) is 1. The second-order valence-electron chi connectivity index (χ2n) is 7.35.